The molecule has 0 aliphatic carbocycles. The smallest absolute Gasteiger partial charge is 0.243 e. The first-order valence-electron chi connectivity index (χ1n) is 9.05. The van der Waals surface area contributed by atoms with Crippen LogP contribution < -0.4 is 5.32 Å². The Labute approximate surface area is 168 Å². The van der Waals surface area contributed by atoms with Crippen LogP contribution >= 0.6 is 11.6 Å². The zero-order chi connectivity index (χ0) is 20.3. The summed E-state index contributed by atoms with van der Waals surface area (Å²) in [5.74, 6) is -0.199. The number of halogens is 2. The highest BCUT2D eigenvalue weighted by atomic mass is 35.5. The molecule has 28 heavy (non-hydrogen) atoms. The summed E-state index contributed by atoms with van der Waals surface area (Å²) in [7, 11) is -3.77. The lowest BCUT2D eigenvalue weighted by molar-refractivity contribution is -0.126. The monoisotopic (exact) mass is 428 g/mol. The van der Waals surface area contributed by atoms with Gasteiger partial charge in [-0.05, 0) is 50.1 Å². The standard InChI is InChI=1S/C19H22ClFN2O4S/c1-13(11-15-3-2-10-27-15)22-19(24)14-6-8-23(9-7-14)28(25,26)16-4-5-18(21)17(20)12-16/h2-5,10,12-14H,6-9,11H2,1H3,(H,22,24). The molecule has 1 atom stereocenters. The molecule has 0 spiro atoms. The Morgan fingerprint density at radius 1 is 1.36 bits per heavy atom. The number of hydrogen-bond acceptors (Lipinski definition) is 4. The highest BCUT2D eigenvalue weighted by molar-refractivity contribution is 7.89. The van der Waals surface area contributed by atoms with Gasteiger partial charge in [0.1, 0.15) is 11.6 Å². The lowest BCUT2D eigenvalue weighted by atomic mass is 9.96. The molecule has 1 saturated heterocycles. The highest BCUT2D eigenvalue weighted by Gasteiger charge is 2.32. The quantitative estimate of drug-likeness (QED) is 0.766. The van der Waals surface area contributed by atoms with Gasteiger partial charge in [0.15, 0.2) is 0 Å². The summed E-state index contributed by atoms with van der Waals surface area (Å²) >= 11 is 5.71. The number of piperidine rings is 1. The van der Waals surface area contributed by atoms with Crippen molar-refractivity contribution in [3.8, 4) is 0 Å². The van der Waals surface area contributed by atoms with Crippen molar-refractivity contribution in [2.45, 2.75) is 37.1 Å². The molecule has 6 nitrogen and oxygen atoms in total. The molecule has 1 aromatic carbocycles. The van der Waals surface area contributed by atoms with E-state index >= 15 is 0 Å². The van der Waals surface area contributed by atoms with Crippen LogP contribution in [0.5, 0.6) is 0 Å². The van der Waals surface area contributed by atoms with E-state index in [1.165, 1.54) is 10.4 Å². The zero-order valence-corrected chi connectivity index (χ0v) is 17.0. The number of hydrogen-bond donors (Lipinski definition) is 1. The van der Waals surface area contributed by atoms with Gasteiger partial charge in [-0.1, -0.05) is 11.6 Å². The Morgan fingerprint density at radius 2 is 2.07 bits per heavy atom. The predicted octanol–water partition coefficient (Wildman–Crippen LogP) is 3.22. The minimum atomic E-state index is -3.77. The summed E-state index contributed by atoms with van der Waals surface area (Å²) in [6, 6.07) is 6.92. The van der Waals surface area contributed by atoms with Crippen LogP contribution in [0.4, 0.5) is 4.39 Å². The fraction of sp³-hybridized carbons (Fsp3) is 0.421. The number of amides is 1. The lowest BCUT2D eigenvalue weighted by Gasteiger charge is -2.31. The maximum Gasteiger partial charge on any atom is 0.243 e. The number of furan rings is 1. The Kier molecular flexibility index (Phi) is 6.42. The molecule has 2 aromatic rings. The fourth-order valence-electron chi connectivity index (χ4n) is 3.29. The molecule has 0 saturated carbocycles. The molecule has 1 amide bonds. The van der Waals surface area contributed by atoms with Gasteiger partial charge in [0, 0.05) is 31.5 Å². The van der Waals surface area contributed by atoms with Crippen molar-refractivity contribution in [3.63, 3.8) is 0 Å². The number of rotatable bonds is 6. The number of carbonyl (C=O) groups excluding carboxylic acids is 1. The molecular formula is C19H22ClFN2O4S. The van der Waals surface area contributed by atoms with Crippen LogP contribution in [0.15, 0.2) is 45.9 Å². The summed E-state index contributed by atoms with van der Waals surface area (Å²) < 4.78 is 45.3. The van der Waals surface area contributed by atoms with Crippen LogP contribution in [-0.4, -0.2) is 37.8 Å². The average molecular weight is 429 g/mol. The van der Waals surface area contributed by atoms with Crippen molar-refractivity contribution in [2.24, 2.45) is 5.92 Å². The number of carbonyl (C=O) groups is 1. The summed E-state index contributed by atoms with van der Waals surface area (Å²) in [5, 5.41) is 2.73. The molecule has 1 fully saturated rings. The zero-order valence-electron chi connectivity index (χ0n) is 15.4. The Bertz CT molecular complexity index is 925. The number of benzene rings is 1. The van der Waals surface area contributed by atoms with E-state index in [0.717, 1.165) is 17.9 Å². The van der Waals surface area contributed by atoms with E-state index in [1.807, 2.05) is 13.0 Å². The molecule has 0 radical (unpaired) electrons. The molecule has 1 aromatic heterocycles. The molecular weight excluding hydrogens is 407 g/mol. The van der Waals surface area contributed by atoms with Crippen LogP contribution in [-0.2, 0) is 21.2 Å². The van der Waals surface area contributed by atoms with Crippen molar-refractivity contribution in [2.75, 3.05) is 13.1 Å². The van der Waals surface area contributed by atoms with Gasteiger partial charge >= 0.3 is 0 Å². The molecule has 1 unspecified atom stereocenters. The van der Waals surface area contributed by atoms with Crippen molar-refractivity contribution >= 4 is 27.5 Å². The minimum absolute atomic E-state index is 0.0473. The third kappa shape index (κ3) is 4.74. The Morgan fingerprint density at radius 3 is 2.68 bits per heavy atom. The number of nitrogens with zero attached hydrogens (tertiary/aromatic N) is 1. The van der Waals surface area contributed by atoms with E-state index < -0.39 is 15.8 Å². The first kappa shape index (κ1) is 20.8. The molecule has 2 heterocycles. The lowest BCUT2D eigenvalue weighted by Crippen LogP contribution is -2.45. The van der Waals surface area contributed by atoms with Crippen molar-refractivity contribution in [3.05, 3.63) is 53.2 Å². The van der Waals surface area contributed by atoms with Crippen LogP contribution in [0.25, 0.3) is 0 Å². The Balaban J connectivity index is 1.56. The number of nitrogens with one attached hydrogen (secondary N) is 1. The van der Waals surface area contributed by atoms with Gasteiger partial charge in [-0.15, -0.1) is 0 Å². The first-order valence-corrected chi connectivity index (χ1v) is 10.9. The number of sulfonamides is 1. The topological polar surface area (TPSA) is 79.6 Å². The predicted molar refractivity (Wildman–Crippen MR) is 103 cm³/mol. The summed E-state index contributed by atoms with van der Waals surface area (Å²) in [6.07, 6.45) is 3.03. The molecule has 1 N–H and O–H groups in total. The third-order valence-electron chi connectivity index (χ3n) is 4.83. The van der Waals surface area contributed by atoms with Crippen LogP contribution in [0.3, 0.4) is 0 Å². The summed E-state index contributed by atoms with van der Waals surface area (Å²) in [4.78, 5) is 12.4. The van der Waals surface area contributed by atoms with E-state index in [0.29, 0.717) is 19.3 Å². The normalized spacial score (nSPS) is 17.4. The van der Waals surface area contributed by atoms with E-state index in [1.54, 1.807) is 12.3 Å². The minimum Gasteiger partial charge on any atom is -0.469 e. The van der Waals surface area contributed by atoms with Gasteiger partial charge in [-0.3, -0.25) is 4.79 Å². The SMILES string of the molecule is CC(Cc1ccco1)NC(=O)C1CCN(S(=O)(=O)c2ccc(F)c(Cl)c2)CC1. The maximum atomic E-state index is 13.3. The average Bonchev–Trinajstić information content (AvgIpc) is 3.16. The maximum absolute atomic E-state index is 13.3. The van der Waals surface area contributed by atoms with Crippen molar-refractivity contribution < 1.29 is 22.0 Å². The van der Waals surface area contributed by atoms with E-state index in [-0.39, 0.29) is 40.9 Å². The van der Waals surface area contributed by atoms with Gasteiger partial charge in [-0.25, -0.2) is 12.8 Å². The Hall–Kier alpha value is -1.90. The van der Waals surface area contributed by atoms with Gasteiger partial charge in [0.2, 0.25) is 15.9 Å². The molecule has 152 valence electrons. The second-order valence-electron chi connectivity index (χ2n) is 6.95. The fourth-order valence-corrected chi connectivity index (χ4v) is 5.03. The molecule has 3 rings (SSSR count). The van der Waals surface area contributed by atoms with E-state index in [2.05, 4.69) is 5.32 Å². The molecule has 0 bridgehead atoms. The van der Waals surface area contributed by atoms with Gasteiger partial charge < -0.3 is 9.73 Å². The summed E-state index contributed by atoms with van der Waals surface area (Å²) in [5.41, 5.74) is 0. The van der Waals surface area contributed by atoms with Crippen LogP contribution in [0, 0.1) is 11.7 Å². The summed E-state index contributed by atoms with van der Waals surface area (Å²) in [6.45, 7) is 2.35. The molecule has 9 heteroatoms. The second kappa shape index (κ2) is 8.63. The van der Waals surface area contributed by atoms with Crippen molar-refractivity contribution in [1.29, 1.82) is 0 Å². The first-order chi connectivity index (χ1) is 13.3. The second-order valence-corrected chi connectivity index (χ2v) is 9.29. The van der Waals surface area contributed by atoms with E-state index in [9.17, 15) is 17.6 Å². The third-order valence-corrected chi connectivity index (χ3v) is 7.01. The van der Waals surface area contributed by atoms with Gasteiger partial charge in [-0.2, -0.15) is 4.31 Å². The van der Waals surface area contributed by atoms with Crippen LogP contribution in [0.1, 0.15) is 25.5 Å². The van der Waals surface area contributed by atoms with Gasteiger partial charge in [0.25, 0.3) is 0 Å². The molecule has 1 aliphatic rings. The van der Waals surface area contributed by atoms with E-state index in [4.69, 9.17) is 16.0 Å². The molecule has 1 aliphatic heterocycles. The van der Waals surface area contributed by atoms with Crippen LogP contribution in [0.2, 0.25) is 5.02 Å². The van der Waals surface area contributed by atoms with Crippen molar-refractivity contribution in [1.82, 2.24) is 9.62 Å². The van der Waals surface area contributed by atoms with Gasteiger partial charge in [0.05, 0.1) is 16.2 Å². The highest BCUT2D eigenvalue weighted by Crippen LogP contribution is 2.26. The largest absolute Gasteiger partial charge is 0.469 e.